The van der Waals surface area contributed by atoms with Gasteiger partial charge < -0.3 is 14.9 Å². The summed E-state index contributed by atoms with van der Waals surface area (Å²) in [7, 11) is 0. The summed E-state index contributed by atoms with van der Waals surface area (Å²) in [4.78, 5) is 10.9. The Labute approximate surface area is 170 Å². The van der Waals surface area contributed by atoms with Gasteiger partial charge in [0.05, 0.1) is 24.4 Å². The van der Waals surface area contributed by atoms with E-state index >= 15 is 0 Å². The third kappa shape index (κ3) is 9.52. The number of carboxylic acids is 1. The predicted molar refractivity (Wildman–Crippen MR) is 115 cm³/mol. The van der Waals surface area contributed by atoms with Crippen LogP contribution in [0.25, 0.3) is 0 Å². The van der Waals surface area contributed by atoms with Crippen LogP contribution in [-0.2, 0) is 9.53 Å². The molecule has 0 aromatic carbocycles. The van der Waals surface area contributed by atoms with Crippen molar-refractivity contribution in [2.75, 3.05) is 6.61 Å². The molecule has 0 aromatic heterocycles. The molecule has 158 valence electrons. The number of hydrogen-bond acceptors (Lipinski definition) is 3. The summed E-state index contributed by atoms with van der Waals surface area (Å²) in [5, 5.41) is 19.2. The summed E-state index contributed by atoms with van der Waals surface area (Å²) in [6.45, 7) is 14.5. The first-order valence-corrected chi connectivity index (χ1v) is 10.4. The zero-order chi connectivity index (χ0) is 21.1. The highest BCUT2D eigenvalue weighted by Gasteiger charge is 2.26. The number of aliphatic hydroxyl groups excluding tert-OH is 1. The minimum absolute atomic E-state index is 0.162. The molecule has 1 rings (SSSR count). The van der Waals surface area contributed by atoms with Gasteiger partial charge in [-0.05, 0) is 83.6 Å². The number of rotatable bonds is 12. The second-order valence-electron chi connectivity index (χ2n) is 8.26. The molecule has 4 nitrogen and oxygen atoms in total. The highest BCUT2D eigenvalue weighted by Crippen LogP contribution is 2.26. The third-order valence-electron chi connectivity index (χ3n) is 5.40. The Morgan fingerprint density at radius 3 is 2.43 bits per heavy atom. The zero-order valence-electron chi connectivity index (χ0n) is 17.9. The molecule has 28 heavy (non-hydrogen) atoms. The molecule has 0 amide bonds. The van der Waals surface area contributed by atoms with E-state index in [1.165, 1.54) is 11.1 Å². The lowest BCUT2D eigenvalue weighted by Crippen LogP contribution is -2.29. The molecule has 1 aliphatic rings. The van der Waals surface area contributed by atoms with Crippen LogP contribution in [-0.4, -0.2) is 35.0 Å². The Morgan fingerprint density at radius 2 is 1.86 bits per heavy atom. The van der Waals surface area contributed by atoms with E-state index in [9.17, 15) is 9.90 Å². The summed E-state index contributed by atoms with van der Waals surface area (Å²) in [5.41, 5.74) is 3.68. The summed E-state index contributed by atoms with van der Waals surface area (Å²) >= 11 is 0. The van der Waals surface area contributed by atoms with E-state index in [2.05, 4.69) is 46.1 Å². The second-order valence-corrected chi connectivity index (χ2v) is 8.26. The zero-order valence-corrected chi connectivity index (χ0v) is 17.9. The molecule has 1 aliphatic heterocycles. The minimum atomic E-state index is -0.969. The van der Waals surface area contributed by atoms with Crippen LogP contribution in [0.15, 0.2) is 47.6 Å². The SMILES string of the molecule is C=C(CCC=C(C)C)[C@H](O)CC/C(C)=C/CC[C@H]1CC[C@H](C(=C)C(=O)O)OC1. The summed E-state index contributed by atoms with van der Waals surface area (Å²) in [6, 6.07) is 0. The van der Waals surface area contributed by atoms with Gasteiger partial charge >= 0.3 is 5.97 Å². The van der Waals surface area contributed by atoms with Gasteiger partial charge in [0, 0.05) is 0 Å². The normalized spacial score (nSPS) is 21.1. The number of ether oxygens (including phenoxy) is 1. The van der Waals surface area contributed by atoms with Gasteiger partial charge in [0.15, 0.2) is 0 Å². The first-order valence-electron chi connectivity index (χ1n) is 10.4. The molecule has 2 N–H and O–H groups in total. The van der Waals surface area contributed by atoms with Crippen LogP contribution in [0.4, 0.5) is 0 Å². The van der Waals surface area contributed by atoms with Crippen molar-refractivity contribution in [3.63, 3.8) is 0 Å². The van der Waals surface area contributed by atoms with Gasteiger partial charge in [0.1, 0.15) is 0 Å². The molecule has 3 atom stereocenters. The van der Waals surface area contributed by atoms with Gasteiger partial charge in [-0.15, -0.1) is 0 Å². The van der Waals surface area contributed by atoms with Crippen LogP contribution < -0.4 is 0 Å². The fraction of sp³-hybridized carbons (Fsp3) is 0.625. The molecule has 0 saturated carbocycles. The van der Waals surface area contributed by atoms with E-state index in [1.807, 2.05) is 0 Å². The standard InChI is InChI=1S/C24H38O4/c1-17(2)8-6-10-19(4)22(25)14-12-18(3)9-7-11-21-13-15-23(28-16-21)20(5)24(26)27/h8-9,21-23,25H,4-7,10-16H2,1-3H3,(H,26,27)/b18-9+/t21-,22+,23+/m0/s1. The average molecular weight is 391 g/mol. The molecule has 0 bridgehead atoms. The van der Waals surface area contributed by atoms with Crippen molar-refractivity contribution in [2.45, 2.75) is 84.3 Å². The van der Waals surface area contributed by atoms with Gasteiger partial charge in [0.2, 0.25) is 0 Å². The van der Waals surface area contributed by atoms with Crippen molar-refractivity contribution in [3.8, 4) is 0 Å². The highest BCUT2D eigenvalue weighted by molar-refractivity contribution is 5.86. The van der Waals surface area contributed by atoms with Gasteiger partial charge in [-0.2, -0.15) is 0 Å². The maximum absolute atomic E-state index is 10.9. The average Bonchev–Trinajstić information content (AvgIpc) is 2.65. The van der Waals surface area contributed by atoms with Crippen LogP contribution in [0.5, 0.6) is 0 Å². The molecule has 1 fully saturated rings. The van der Waals surface area contributed by atoms with Crippen molar-refractivity contribution in [2.24, 2.45) is 5.92 Å². The number of hydrogen-bond donors (Lipinski definition) is 2. The van der Waals surface area contributed by atoms with Crippen LogP contribution in [0, 0.1) is 5.92 Å². The van der Waals surface area contributed by atoms with Gasteiger partial charge in [0.25, 0.3) is 0 Å². The largest absolute Gasteiger partial charge is 0.478 e. The molecule has 0 aromatic rings. The lowest BCUT2D eigenvalue weighted by molar-refractivity contribution is -0.134. The Bertz CT molecular complexity index is 588. The predicted octanol–water partition coefficient (Wildman–Crippen LogP) is 5.59. The molecule has 1 saturated heterocycles. The number of carbonyl (C=O) groups is 1. The van der Waals surface area contributed by atoms with E-state index < -0.39 is 12.1 Å². The summed E-state index contributed by atoms with van der Waals surface area (Å²) < 4.78 is 5.68. The van der Waals surface area contributed by atoms with Crippen molar-refractivity contribution in [3.05, 3.63) is 47.6 Å². The first-order chi connectivity index (χ1) is 13.2. The molecule has 4 heteroatoms. The lowest BCUT2D eigenvalue weighted by Gasteiger charge is -2.28. The molecule has 0 unspecified atom stereocenters. The molecule has 0 aliphatic carbocycles. The van der Waals surface area contributed by atoms with E-state index in [0.717, 1.165) is 56.9 Å². The minimum Gasteiger partial charge on any atom is -0.478 e. The maximum Gasteiger partial charge on any atom is 0.333 e. The van der Waals surface area contributed by atoms with Crippen LogP contribution in [0.3, 0.4) is 0 Å². The van der Waals surface area contributed by atoms with Crippen molar-refractivity contribution in [1.82, 2.24) is 0 Å². The van der Waals surface area contributed by atoms with Crippen molar-refractivity contribution < 1.29 is 19.7 Å². The van der Waals surface area contributed by atoms with E-state index in [4.69, 9.17) is 9.84 Å². The van der Waals surface area contributed by atoms with Crippen molar-refractivity contribution >= 4 is 5.97 Å². The fourth-order valence-electron chi connectivity index (χ4n) is 3.40. The van der Waals surface area contributed by atoms with Crippen molar-refractivity contribution in [1.29, 1.82) is 0 Å². The summed E-state index contributed by atoms with van der Waals surface area (Å²) in [6.07, 6.45) is 10.8. The number of aliphatic carboxylic acids is 1. The number of carboxylic acid groups (broad SMARTS) is 1. The molecular weight excluding hydrogens is 352 g/mol. The van der Waals surface area contributed by atoms with Gasteiger partial charge in [-0.3, -0.25) is 0 Å². The lowest BCUT2D eigenvalue weighted by atomic mass is 9.91. The molecular formula is C24H38O4. The van der Waals surface area contributed by atoms with Gasteiger partial charge in [-0.25, -0.2) is 4.79 Å². The Hall–Kier alpha value is -1.65. The maximum atomic E-state index is 10.9. The topological polar surface area (TPSA) is 66.8 Å². The quantitative estimate of drug-likeness (QED) is 0.336. The third-order valence-corrected chi connectivity index (χ3v) is 5.40. The number of aliphatic hydroxyl groups is 1. The Balaban J connectivity index is 2.23. The van der Waals surface area contributed by atoms with Crippen LogP contribution >= 0.6 is 0 Å². The fourth-order valence-corrected chi connectivity index (χ4v) is 3.40. The highest BCUT2D eigenvalue weighted by atomic mass is 16.5. The van der Waals surface area contributed by atoms with Crippen LogP contribution in [0.1, 0.15) is 72.1 Å². The van der Waals surface area contributed by atoms with Crippen LogP contribution in [0.2, 0.25) is 0 Å². The number of allylic oxidation sites excluding steroid dienone is 4. The Kier molecular flexibility index (Phi) is 11.1. The molecule has 1 heterocycles. The second kappa shape index (κ2) is 12.7. The van der Waals surface area contributed by atoms with E-state index in [0.29, 0.717) is 12.5 Å². The first kappa shape index (κ1) is 24.4. The molecule has 0 radical (unpaired) electrons. The molecule has 0 spiro atoms. The van der Waals surface area contributed by atoms with E-state index in [1.54, 1.807) is 0 Å². The monoisotopic (exact) mass is 390 g/mol. The van der Waals surface area contributed by atoms with Gasteiger partial charge in [-0.1, -0.05) is 36.5 Å². The van der Waals surface area contributed by atoms with E-state index in [-0.39, 0.29) is 11.7 Å². The Morgan fingerprint density at radius 1 is 1.14 bits per heavy atom. The summed E-state index contributed by atoms with van der Waals surface area (Å²) in [5.74, 6) is -0.494. The smallest absolute Gasteiger partial charge is 0.333 e.